The number of aromatic nitrogens is 2. The van der Waals surface area contributed by atoms with Gasteiger partial charge < -0.3 is 19.3 Å². The van der Waals surface area contributed by atoms with Crippen LogP contribution in [0.15, 0.2) is 24.3 Å². The van der Waals surface area contributed by atoms with Crippen LogP contribution in [0.4, 0.5) is 5.82 Å². The van der Waals surface area contributed by atoms with Crippen molar-refractivity contribution in [2.75, 3.05) is 44.9 Å². The highest BCUT2D eigenvalue weighted by Crippen LogP contribution is 2.29. The quantitative estimate of drug-likeness (QED) is 0.490. The molecule has 2 aromatic rings. The molecule has 4 rings (SSSR count). The number of hydrogen-bond acceptors (Lipinski definition) is 6. The first kappa shape index (κ1) is 24.5. The number of morpholine rings is 1. The summed E-state index contributed by atoms with van der Waals surface area (Å²) in [5.74, 6) is 2.89. The van der Waals surface area contributed by atoms with E-state index in [1.165, 1.54) is 19.3 Å². The van der Waals surface area contributed by atoms with Gasteiger partial charge in [0.15, 0.2) is 0 Å². The van der Waals surface area contributed by atoms with Gasteiger partial charge in [-0.1, -0.05) is 50.8 Å². The Bertz CT molecular complexity index is 959. The van der Waals surface area contributed by atoms with Gasteiger partial charge in [0.25, 0.3) is 0 Å². The number of para-hydroxylation sites is 1. The van der Waals surface area contributed by atoms with E-state index >= 15 is 0 Å². The summed E-state index contributed by atoms with van der Waals surface area (Å²) in [5.41, 5.74) is 3.26. The van der Waals surface area contributed by atoms with Crippen LogP contribution < -0.4 is 9.64 Å². The van der Waals surface area contributed by atoms with Crippen LogP contribution in [0.2, 0.25) is 0 Å². The topological polar surface area (TPSA) is 67.8 Å². The molecule has 1 aromatic carbocycles. The average molecular weight is 467 g/mol. The highest BCUT2D eigenvalue weighted by molar-refractivity contribution is 5.76. The highest BCUT2D eigenvalue weighted by atomic mass is 16.5. The van der Waals surface area contributed by atoms with Crippen LogP contribution in [-0.4, -0.2) is 60.7 Å². The maximum Gasteiger partial charge on any atom is 0.222 e. The second-order valence-corrected chi connectivity index (χ2v) is 9.21. The maximum absolute atomic E-state index is 12.9. The Morgan fingerprint density at radius 3 is 2.65 bits per heavy atom. The lowest BCUT2D eigenvalue weighted by Crippen LogP contribution is -2.41. The van der Waals surface area contributed by atoms with E-state index in [1.807, 2.05) is 23.1 Å². The highest BCUT2D eigenvalue weighted by Gasteiger charge is 2.28. The molecular weight excluding hydrogens is 428 g/mol. The van der Waals surface area contributed by atoms with E-state index in [0.717, 1.165) is 73.1 Å². The van der Waals surface area contributed by atoms with Crippen LogP contribution in [0.5, 0.6) is 5.75 Å². The van der Waals surface area contributed by atoms with Crippen LogP contribution in [0, 0.1) is 0 Å². The first-order valence-corrected chi connectivity index (χ1v) is 12.8. The number of benzene rings is 1. The Balaban J connectivity index is 1.54. The van der Waals surface area contributed by atoms with Crippen molar-refractivity contribution in [3.05, 3.63) is 46.9 Å². The van der Waals surface area contributed by atoms with Gasteiger partial charge in [0.1, 0.15) is 17.4 Å². The Kier molecular flexibility index (Phi) is 8.74. The fourth-order valence-corrected chi connectivity index (χ4v) is 4.83. The number of ether oxygens (including phenoxy) is 2. The van der Waals surface area contributed by atoms with Crippen molar-refractivity contribution in [3.8, 4) is 5.75 Å². The molecule has 7 nitrogen and oxygen atoms in total. The lowest BCUT2D eigenvalue weighted by molar-refractivity contribution is -0.132. The first-order valence-electron chi connectivity index (χ1n) is 12.8. The smallest absolute Gasteiger partial charge is 0.222 e. The summed E-state index contributed by atoms with van der Waals surface area (Å²) >= 11 is 0. The number of fused-ring (bicyclic) bond motifs is 1. The van der Waals surface area contributed by atoms with Crippen LogP contribution in [0.25, 0.3) is 0 Å². The van der Waals surface area contributed by atoms with Crippen molar-refractivity contribution in [1.29, 1.82) is 0 Å². The molecule has 2 aliphatic rings. The number of nitrogens with zero attached hydrogens (tertiary/aromatic N) is 4. The molecule has 0 atom stereocenters. The number of amides is 1. The van der Waals surface area contributed by atoms with Crippen molar-refractivity contribution in [3.63, 3.8) is 0 Å². The number of carbonyl (C=O) groups excluding carboxylic acids is 1. The summed E-state index contributed by atoms with van der Waals surface area (Å²) < 4.78 is 11.1. The zero-order chi connectivity index (χ0) is 23.8. The SMILES string of the molecule is CCCCCCCC(=O)N1CCc2nc(Cc3ccccc3OC)nc(N3CCOCC3)c2C1. The van der Waals surface area contributed by atoms with E-state index in [-0.39, 0.29) is 5.91 Å². The van der Waals surface area contributed by atoms with Crippen LogP contribution in [0.3, 0.4) is 0 Å². The molecule has 1 aromatic heterocycles. The van der Waals surface area contributed by atoms with E-state index in [1.54, 1.807) is 7.11 Å². The summed E-state index contributed by atoms with van der Waals surface area (Å²) in [7, 11) is 1.70. The van der Waals surface area contributed by atoms with Crippen molar-refractivity contribution in [2.45, 2.75) is 64.8 Å². The maximum atomic E-state index is 12.9. The largest absolute Gasteiger partial charge is 0.496 e. The van der Waals surface area contributed by atoms with Crippen LogP contribution in [0.1, 0.15) is 68.1 Å². The minimum absolute atomic E-state index is 0.258. The molecule has 0 spiro atoms. The molecule has 1 fully saturated rings. The lowest BCUT2D eigenvalue weighted by atomic mass is 10.0. The second kappa shape index (κ2) is 12.2. The number of anilines is 1. The molecule has 34 heavy (non-hydrogen) atoms. The summed E-state index contributed by atoms with van der Waals surface area (Å²) in [5, 5.41) is 0. The Morgan fingerprint density at radius 2 is 1.85 bits per heavy atom. The van der Waals surface area contributed by atoms with E-state index in [4.69, 9.17) is 19.4 Å². The van der Waals surface area contributed by atoms with Crippen molar-refractivity contribution in [2.24, 2.45) is 0 Å². The normalized spacial score (nSPS) is 15.8. The number of methoxy groups -OCH3 is 1. The fraction of sp³-hybridized carbons (Fsp3) is 0.593. The Morgan fingerprint density at radius 1 is 1.06 bits per heavy atom. The van der Waals surface area contributed by atoms with Gasteiger partial charge >= 0.3 is 0 Å². The molecule has 1 amide bonds. The number of rotatable bonds is 10. The number of hydrogen-bond donors (Lipinski definition) is 0. The van der Waals surface area contributed by atoms with Crippen LogP contribution in [-0.2, 0) is 28.9 Å². The molecule has 0 saturated carbocycles. The third-order valence-electron chi connectivity index (χ3n) is 6.78. The van der Waals surface area contributed by atoms with E-state index in [9.17, 15) is 4.79 Å². The van der Waals surface area contributed by atoms with Gasteiger partial charge in [-0.25, -0.2) is 9.97 Å². The fourth-order valence-electron chi connectivity index (χ4n) is 4.83. The minimum atomic E-state index is 0.258. The number of unbranched alkanes of at least 4 members (excludes halogenated alkanes) is 4. The summed E-state index contributed by atoms with van der Waals surface area (Å²) in [4.78, 5) is 27.3. The first-order chi connectivity index (χ1) is 16.7. The second-order valence-electron chi connectivity index (χ2n) is 9.21. The molecule has 0 unspecified atom stereocenters. The van der Waals surface area contributed by atoms with Crippen molar-refractivity contribution >= 4 is 11.7 Å². The molecular formula is C27H38N4O3. The van der Waals surface area contributed by atoms with Gasteiger partial charge in [-0.3, -0.25) is 4.79 Å². The molecule has 7 heteroatoms. The summed E-state index contributed by atoms with van der Waals surface area (Å²) in [6.45, 7) is 6.55. The molecule has 0 bridgehead atoms. The molecule has 0 radical (unpaired) electrons. The average Bonchev–Trinajstić information content (AvgIpc) is 2.88. The lowest BCUT2D eigenvalue weighted by Gasteiger charge is -2.34. The zero-order valence-electron chi connectivity index (χ0n) is 20.7. The van der Waals surface area contributed by atoms with Gasteiger partial charge in [-0.2, -0.15) is 0 Å². The zero-order valence-corrected chi connectivity index (χ0v) is 20.7. The standard InChI is InChI=1S/C27H38N4O3/c1-3-4-5-6-7-12-26(32)31-14-13-23-22(20-31)27(30-15-17-34-18-16-30)29-25(28-23)19-21-10-8-9-11-24(21)33-2/h8-11H,3-7,12-20H2,1-2H3. The van der Waals surface area contributed by atoms with Gasteiger partial charge in [-0.05, 0) is 12.5 Å². The van der Waals surface area contributed by atoms with Gasteiger partial charge in [0.2, 0.25) is 5.91 Å². The predicted octanol–water partition coefficient (Wildman–Crippen LogP) is 4.16. The molecule has 3 heterocycles. The molecule has 1 saturated heterocycles. The van der Waals surface area contributed by atoms with Crippen molar-refractivity contribution < 1.29 is 14.3 Å². The van der Waals surface area contributed by atoms with E-state index in [0.29, 0.717) is 32.6 Å². The third-order valence-corrected chi connectivity index (χ3v) is 6.78. The molecule has 2 aliphatic heterocycles. The van der Waals surface area contributed by atoms with Gasteiger partial charge in [-0.15, -0.1) is 0 Å². The molecule has 0 N–H and O–H groups in total. The summed E-state index contributed by atoms with van der Waals surface area (Å²) in [6, 6.07) is 8.04. The molecule has 184 valence electrons. The third kappa shape index (κ3) is 6.06. The van der Waals surface area contributed by atoms with Crippen molar-refractivity contribution in [1.82, 2.24) is 14.9 Å². The van der Waals surface area contributed by atoms with Gasteiger partial charge in [0, 0.05) is 50.0 Å². The predicted molar refractivity (Wildman–Crippen MR) is 133 cm³/mol. The van der Waals surface area contributed by atoms with Crippen LogP contribution >= 0.6 is 0 Å². The van der Waals surface area contributed by atoms with Gasteiger partial charge in [0.05, 0.1) is 32.6 Å². The monoisotopic (exact) mass is 466 g/mol. The van der Waals surface area contributed by atoms with E-state index < -0.39 is 0 Å². The minimum Gasteiger partial charge on any atom is -0.496 e. The Labute approximate surface area is 203 Å². The van der Waals surface area contributed by atoms with E-state index in [2.05, 4.69) is 17.9 Å². The number of carbonyl (C=O) groups is 1. The Hall–Kier alpha value is -2.67. The molecule has 0 aliphatic carbocycles. The summed E-state index contributed by atoms with van der Waals surface area (Å²) in [6.07, 6.45) is 7.84.